The average molecular weight is 302 g/mol. The van der Waals surface area contributed by atoms with Gasteiger partial charge in [-0.05, 0) is 38.1 Å². The average Bonchev–Trinajstić information content (AvgIpc) is 3.17. The maximum atomic E-state index is 13.4. The molecule has 0 unspecified atom stereocenters. The van der Waals surface area contributed by atoms with E-state index in [4.69, 9.17) is 0 Å². The molecule has 0 aromatic carbocycles. The first kappa shape index (κ1) is 15.4. The van der Waals surface area contributed by atoms with Gasteiger partial charge in [0.05, 0.1) is 11.9 Å². The summed E-state index contributed by atoms with van der Waals surface area (Å²) < 4.78 is 0. The first-order valence-corrected chi connectivity index (χ1v) is 8.45. The Bertz CT molecular complexity index is 513. The second-order valence-electron chi connectivity index (χ2n) is 6.89. The van der Waals surface area contributed by atoms with Gasteiger partial charge in [-0.25, -0.2) is 0 Å². The lowest BCUT2D eigenvalue weighted by molar-refractivity contribution is -0.143. The van der Waals surface area contributed by atoms with Crippen LogP contribution in [0.3, 0.4) is 0 Å². The van der Waals surface area contributed by atoms with Crippen LogP contribution in [-0.2, 0) is 10.3 Å². The van der Waals surface area contributed by atoms with Gasteiger partial charge in [0.2, 0.25) is 5.91 Å². The van der Waals surface area contributed by atoms with E-state index >= 15 is 0 Å². The standard InChI is InChI=1S/C17H26N4O/c1-14(2)13-21-11-5-6-17(21,15-12-18-7-8-19-15)16(22)20-9-3-4-10-20/h7-8,12,14H,3-6,9-11,13H2,1-2H3/t17-/m0/s1. The molecule has 2 saturated heterocycles. The molecule has 0 aliphatic carbocycles. The van der Waals surface area contributed by atoms with Gasteiger partial charge >= 0.3 is 0 Å². The molecule has 0 saturated carbocycles. The first-order valence-electron chi connectivity index (χ1n) is 8.45. The molecule has 2 aliphatic rings. The summed E-state index contributed by atoms with van der Waals surface area (Å²) in [6, 6.07) is 0. The summed E-state index contributed by atoms with van der Waals surface area (Å²) in [6.07, 6.45) is 9.31. The molecule has 3 rings (SSSR count). The summed E-state index contributed by atoms with van der Waals surface area (Å²) >= 11 is 0. The quantitative estimate of drug-likeness (QED) is 0.854. The minimum Gasteiger partial charge on any atom is -0.341 e. The van der Waals surface area contributed by atoms with E-state index in [1.807, 2.05) is 4.90 Å². The van der Waals surface area contributed by atoms with Crippen molar-refractivity contribution in [2.75, 3.05) is 26.2 Å². The van der Waals surface area contributed by atoms with Gasteiger partial charge in [-0.2, -0.15) is 0 Å². The van der Waals surface area contributed by atoms with Crippen molar-refractivity contribution >= 4 is 5.91 Å². The third-order valence-electron chi connectivity index (χ3n) is 4.83. The van der Waals surface area contributed by atoms with Crippen molar-refractivity contribution in [3.05, 3.63) is 24.3 Å². The number of hydrogen-bond donors (Lipinski definition) is 0. The molecule has 2 fully saturated rings. The topological polar surface area (TPSA) is 49.3 Å². The molecule has 5 heteroatoms. The Hall–Kier alpha value is -1.49. The number of aromatic nitrogens is 2. The van der Waals surface area contributed by atoms with Gasteiger partial charge in [-0.3, -0.25) is 19.7 Å². The predicted molar refractivity (Wildman–Crippen MR) is 85.2 cm³/mol. The van der Waals surface area contributed by atoms with Gasteiger partial charge in [0.1, 0.15) is 5.54 Å². The van der Waals surface area contributed by atoms with E-state index in [0.717, 1.165) is 57.6 Å². The highest BCUT2D eigenvalue weighted by Crippen LogP contribution is 2.40. The highest BCUT2D eigenvalue weighted by Gasteiger charge is 2.52. The zero-order valence-electron chi connectivity index (χ0n) is 13.7. The Balaban J connectivity index is 1.99. The number of nitrogens with zero attached hydrogens (tertiary/aromatic N) is 4. The molecule has 2 aliphatic heterocycles. The fourth-order valence-electron chi connectivity index (χ4n) is 3.90. The van der Waals surface area contributed by atoms with Gasteiger partial charge in [-0.15, -0.1) is 0 Å². The van der Waals surface area contributed by atoms with Crippen LogP contribution in [0.1, 0.15) is 45.2 Å². The van der Waals surface area contributed by atoms with Gasteiger partial charge in [0.15, 0.2) is 0 Å². The van der Waals surface area contributed by atoms with E-state index < -0.39 is 5.54 Å². The third-order valence-corrected chi connectivity index (χ3v) is 4.83. The van der Waals surface area contributed by atoms with Crippen LogP contribution in [0.25, 0.3) is 0 Å². The molecular weight excluding hydrogens is 276 g/mol. The van der Waals surface area contributed by atoms with Crippen LogP contribution in [0.15, 0.2) is 18.6 Å². The number of hydrogen-bond acceptors (Lipinski definition) is 4. The van der Waals surface area contributed by atoms with Gasteiger partial charge in [0, 0.05) is 32.0 Å². The summed E-state index contributed by atoms with van der Waals surface area (Å²) in [5.74, 6) is 0.768. The van der Waals surface area contributed by atoms with Crippen LogP contribution in [0, 0.1) is 5.92 Å². The second-order valence-corrected chi connectivity index (χ2v) is 6.89. The highest BCUT2D eigenvalue weighted by molar-refractivity contribution is 5.87. The monoisotopic (exact) mass is 302 g/mol. The second kappa shape index (κ2) is 6.32. The molecule has 22 heavy (non-hydrogen) atoms. The first-order chi connectivity index (χ1) is 10.6. The number of carbonyl (C=O) groups is 1. The van der Waals surface area contributed by atoms with E-state index in [0.29, 0.717) is 5.92 Å². The molecule has 0 bridgehead atoms. The minimum atomic E-state index is -0.594. The van der Waals surface area contributed by atoms with Crippen molar-refractivity contribution in [2.24, 2.45) is 5.92 Å². The molecule has 3 heterocycles. The molecule has 1 amide bonds. The normalized spacial score (nSPS) is 26.0. The molecule has 1 aromatic rings. The third kappa shape index (κ3) is 2.62. The summed E-state index contributed by atoms with van der Waals surface area (Å²) in [4.78, 5) is 26.5. The van der Waals surface area contributed by atoms with E-state index in [2.05, 4.69) is 28.7 Å². The maximum absolute atomic E-state index is 13.4. The van der Waals surface area contributed by atoms with Crippen molar-refractivity contribution in [1.82, 2.24) is 19.8 Å². The van der Waals surface area contributed by atoms with Crippen LogP contribution in [0.5, 0.6) is 0 Å². The number of carbonyl (C=O) groups excluding carboxylic acids is 1. The lowest BCUT2D eigenvalue weighted by atomic mass is 9.89. The Kier molecular flexibility index (Phi) is 4.43. The maximum Gasteiger partial charge on any atom is 0.249 e. The molecule has 120 valence electrons. The Morgan fingerprint density at radius 3 is 2.64 bits per heavy atom. The van der Waals surface area contributed by atoms with Crippen LogP contribution < -0.4 is 0 Å². The zero-order chi connectivity index (χ0) is 15.6. The molecular formula is C17H26N4O. The summed E-state index contributed by atoms with van der Waals surface area (Å²) in [6.45, 7) is 8.08. The minimum absolute atomic E-state index is 0.239. The van der Waals surface area contributed by atoms with Gasteiger partial charge in [-0.1, -0.05) is 13.8 Å². The number of rotatable bonds is 4. The number of amides is 1. The summed E-state index contributed by atoms with van der Waals surface area (Å²) in [7, 11) is 0. The molecule has 1 aromatic heterocycles. The van der Waals surface area contributed by atoms with Crippen LogP contribution in [0.4, 0.5) is 0 Å². The molecule has 0 spiro atoms. The molecule has 5 nitrogen and oxygen atoms in total. The van der Waals surface area contributed by atoms with E-state index in [1.165, 1.54) is 0 Å². The molecule has 1 atom stereocenters. The molecule has 0 radical (unpaired) electrons. The van der Waals surface area contributed by atoms with Crippen LogP contribution in [0.2, 0.25) is 0 Å². The van der Waals surface area contributed by atoms with Crippen molar-refractivity contribution in [1.29, 1.82) is 0 Å². The summed E-state index contributed by atoms with van der Waals surface area (Å²) in [5.41, 5.74) is 0.230. The fraction of sp³-hybridized carbons (Fsp3) is 0.706. The smallest absolute Gasteiger partial charge is 0.249 e. The lowest BCUT2D eigenvalue weighted by Crippen LogP contribution is -2.55. The Morgan fingerprint density at radius 1 is 1.23 bits per heavy atom. The predicted octanol–water partition coefficient (Wildman–Crippen LogP) is 2.05. The lowest BCUT2D eigenvalue weighted by Gasteiger charge is -2.39. The zero-order valence-corrected chi connectivity index (χ0v) is 13.7. The van der Waals surface area contributed by atoms with Gasteiger partial charge in [0.25, 0.3) is 0 Å². The van der Waals surface area contributed by atoms with Gasteiger partial charge < -0.3 is 4.90 Å². The van der Waals surface area contributed by atoms with Crippen molar-refractivity contribution < 1.29 is 4.79 Å². The summed E-state index contributed by atoms with van der Waals surface area (Å²) in [5, 5.41) is 0. The van der Waals surface area contributed by atoms with Crippen molar-refractivity contribution in [2.45, 2.75) is 45.1 Å². The van der Waals surface area contributed by atoms with Crippen LogP contribution in [-0.4, -0.2) is 51.9 Å². The van der Waals surface area contributed by atoms with Crippen molar-refractivity contribution in [3.8, 4) is 0 Å². The largest absolute Gasteiger partial charge is 0.341 e. The van der Waals surface area contributed by atoms with Crippen molar-refractivity contribution in [3.63, 3.8) is 0 Å². The Morgan fingerprint density at radius 2 is 2.00 bits per heavy atom. The SMILES string of the molecule is CC(C)CN1CCC[C@@]1(C(=O)N1CCCC1)c1cnccn1. The van der Waals surface area contributed by atoms with E-state index in [1.54, 1.807) is 18.6 Å². The Labute approximate surface area is 132 Å². The molecule has 0 N–H and O–H groups in total. The van der Waals surface area contributed by atoms with E-state index in [-0.39, 0.29) is 5.91 Å². The number of likely N-dealkylation sites (tertiary alicyclic amines) is 2. The highest BCUT2D eigenvalue weighted by atomic mass is 16.2. The van der Waals surface area contributed by atoms with Crippen LogP contribution >= 0.6 is 0 Å². The fourth-order valence-corrected chi connectivity index (χ4v) is 3.90. The van der Waals surface area contributed by atoms with E-state index in [9.17, 15) is 4.79 Å².